The van der Waals surface area contributed by atoms with Gasteiger partial charge in [-0.15, -0.1) is 17.5 Å². The summed E-state index contributed by atoms with van der Waals surface area (Å²) in [5.74, 6) is 5.31. The minimum absolute atomic E-state index is 0. The minimum Gasteiger partial charge on any atom is -0.338 e. The number of tetrazole rings is 2. The molecule has 14 rings (SSSR count). The Morgan fingerprint density at radius 2 is 0.869 bits per heavy atom. The molecule has 0 amide bonds. The van der Waals surface area contributed by atoms with E-state index >= 15 is 0 Å². The average Bonchev–Trinajstić information content (AvgIpc) is 2.31. The summed E-state index contributed by atoms with van der Waals surface area (Å²) >= 11 is 0. The van der Waals surface area contributed by atoms with Gasteiger partial charge in [-0.3, -0.25) is 0 Å². The van der Waals surface area contributed by atoms with Gasteiger partial charge in [0.2, 0.25) is 5.54 Å². The van der Waals surface area contributed by atoms with Crippen LogP contribution < -0.4 is 19.9 Å². The van der Waals surface area contributed by atoms with Crippen molar-refractivity contribution >= 4 is 56.6 Å². The maximum absolute atomic E-state index is 5.18. The van der Waals surface area contributed by atoms with Crippen molar-refractivity contribution in [1.29, 1.82) is 0 Å². The van der Waals surface area contributed by atoms with Gasteiger partial charge >= 0.3 is 5.95 Å². The first-order valence-electron chi connectivity index (χ1n) is 30.3. The molecule has 0 spiro atoms. The Bertz CT molecular complexity index is 3700. The van der Waals surface area contributed by atoms with Crippen molar-refractivity contribution in [1.82, 2.24) is 41.4 Å². The van der Waals surface area contributed by atoms with E-state index in [0.717, 1.165) is 73.5 Å². The summed E-state index contributed by atoms with van der Waals surface area (Å²) in [5.41, 5.74) is 7.09. The highest BCUT2D eigenvalue weighted by atomic mass is 35.5. The zero-order chi connectivity index (χ0) is 56.4. The van der Waals surface area contributed by atoms with E-state index in [1.165, 1.54) is 87.8 Å². The summed E-state index contributed by atoms with van der Waals surface area (Å²) in [6.07, 6.45) is 7.34. The second-order valence-electron chi connectivity index (χ2n) is 23.6. The Morgan fingerprint density at radius 3 is 1.29 bits per heavy atom. The van der Waals surface area contributed by atoms with Gasteiger partial charge in [0, 0.05) is 48.0 Å². The third kappa shape index (κ3) is 12.6. The molecule has 0 saturated carbocycles. The topological polar surface area (TPSA) is 118 Å². The second-order valence-corrected chi connectivity index (χ2v) is 23.6. The highest BCUT2D eigenvalue weighted by molar-refractivity contribution is 5.88. The highest BCUT2D eigenvalue weighted by Crippen LogP contribution is 2.39. The number of nitrogens with zero attached hydrogens (tertiary/aromatic N) is 8. The Labute approximate surface area is 501 Å². The van der Waals surface area contributed by atoms with Crippen LogP contribution in [0, 0.1) is 17.8 Å². The van der Waals surface area contributed by atoms with E-state index in [1.807, 2.05) is 4.80 Å². The quantitative estimate of drug-likeness (QED) is 0.0686. The Balaban J connectivity index is 0.000000147. The lowest BCUT2D eigenvalue weighted by Crippen LogP contribution is -2.62. The number of rotatable bonds is 15. The number of nitrogens with one attached hydrogen (secondary N) is 3. The number of anilines is 2. The summed E-state index contributed by atoms with van der Waals surface area (Å²) in [7, 11) is 0. The number of H-pyrrole nitrogens is 2. The van der Waals surface area contributed by atoms with Crippen LogP contribution in [-0.4, -0.2) is 75.3 Å². The molecule has 3 N–H and O–H groups in total. The third-order valence-electron chi connectivity index (χ3n) is 18.1. The van der Waals surface area contributed by atoms with Gasteiger partial charge in [-0.1, -0.05) is 244 Å². The molecule has 11 nitrogen and oxygen atoms in total. The fourth-order valence-corrected chi connectivity index (χ4v) is 14.0. The van der Waals surface area contributed by atoms with Crippen LogP contribution in [0.4, 0.5) is 11.9 Å². The van der Waals surface area contributed by atoms with E-state index in [2.05, 4.69) is 280 Å². The van der Waals surface area contributed by atoms with Crippen LogP contribution in [0.1, 0.15) is 110 Å². The van der Waals surface area contributed by atoms with Gasteiger partial charge in [-0.05, 0) is 151 Å². The Morgan fingerprint density at radius 1 is 0.464 bits per heavy atom. The molecule has 5 heterocycles. The zero-order valence-electron chi connectivity index (χ0n) is 48.7. The maximum atomic E-state index is 5.18. The van der Waals surface area contributed by atoms with Crippen molar-refractivity contribution in [2.45, 2.75) is 82.6 Å². The third-order valence-corrected chi connectivity index (χ3v) is 18.1. The van der Waals surface area contributed by atoms with Gasteiger partial charge in [0.15, 0.2) is 0 Å². The fourth-order valence-electron chi connectivity index (χ4n) is 14.0. The molecule has 0 bridgehead atoms. The standard InChI is InChI=1S/C37H35N5.C18H21N5.C17H21N.ClH/c1-28(34-23-13-15-30-14-11-12-22-35(30)34)26-29-24-25-41(27-29)36-38-40-42(39-36)37(31-16-5-2-6-17-31,32-18-7-3-8-19-32)33-20-9-4-10-21-33;1-13(16-8-4-6-15-5-2-3-7-17(15)16)11-14-9-10-23(12-14)18-19-21-22-20-18;1-13(11-14-9-10-18-12-14)16-8-4-6-15-5-2-3-7-17(15)16;/h2-23,28-29H,24-27H2,1H3;2-8,13-14H,9-12H2,1H3,(H,19,20,21,22);2-8,13-14,18H,9-12H2,1H3;1H/p+1/t28-,29+;2*13-,14+;/m000./s1. The average molecular weight is 1130 g/mol. The van der Waals surface area contributed by atoms with Crippen molar-refractivity contribution in [3.05, 3.63) is 252 Å². The highest BCUT2D eigenvalue weighted by Gasteiger charge is 2.47. The molecular formula is C72H79ClN11+. The molecule has 12 heteroatoms. The van der Waals surface area contributed by atoms with Crippen LogP contribution in [-0.2, 0) is 5.54 Å². The first kappa shape index (κ1) is 57.6. The van der Waals surface area contributed by atoms with Crippen molar-refractivity contribution in [2.75, 3.05) is 49.1 Å². The summed E-state index contributed by atoms with van der Waals surface area (Å²) in [6, 6.07) is 78.0. The van der Waals surface area contributed by atoms with Gasteiger partial charge in [0.1, 0.15) is 0 Å². The number of hydrogen-bond acceptors (Lipinski definition) is 8. The number of halogens is 1. The molecule has 3 aliphatic heterocycles. The largest absolute Gasteiger partial charge is 0.403 e. The van der Waals surface area contributed by atoms with Crippen molar-refractivity contribution < 1.29 is 4.80 Å². The van der Waals surface area contributed by atoms with Gasteiger partial charge in [-0.25, -0.2) is 0 Å². The number of aromatic nitrogens is 8. The van der Waals surface area contributed by atoms with Crippen LogP contribution in [0.3, 0.4) is 0 Å². The summed E-state index contributed by atoms with van der Waals surface area (Å²) < 4.78 is 0. The lowest BCUT2D eigenvalue weighted by atomic mass is 9.77. The minimum atomic E-state index is -0.697. The van der Waals surface area contributed by atoms with Crippen LogP contribution in [0.25, 0.3) is 32.3 Å². The first-order valence-corrected chi connectivity index (χ1v) is 30.3. The molecule has 6 atom stereocenters. The predicted molar refractivity (Wildman–Crippen MR) is 345 cm³/mol. The molecule has 9 aromatic carbocycles. The molecule has 3 aliphatic rings. The number of benzene rings is 9. The van der Waals surface area contributed by atoms with Crippen molar-refractivity contribution in [3.8, 4) is 0 Å². The SMILES string of the molecule is C[C@@H](C[C@H]1CCN(c2n[nH][n+](C(c3ccccc3)(c3ccccc3)c3ccccc3)n2)C1)c1cccc2ccccc12.C[C@@H](C[C@H]1CCN(c2nn[nH]n2)C1)c1cccc2ccccc12.C[C@@H](C[C@H]1CCNC1)c1cccc2ccccc12.Cl. The molecule has 3 fully saturated rings. The van der Waals surface area contributed by atoms with E-state index < -0.39 is 5.54 Å². The van der Waals surface area contributed by atoms with Gasteiger partial charge in [0.05, 0.1) is 5.10 Å². The fraction of sp³-hybridized carbons (Fsp3) is 0.306. The van der Waals surface area contributed by atoms with E-state index in [4.69, 9.17) is 10.2 Å². The molecule has 2 aromatic heterocycles. The van der Waals surface area contributed by atoms with Crippen LogP contribution >= 0.6 is 12.4 Å². The molecular weight excluding hydrogens is 1050 g/mol. The van der Waals surface area contributed by atoms with Crippen LogP contribution in [0.15, 0.2) is 218 Å². The number of aromatic amines is 2. The number of hydrogen-bond donors (Lipinski definition) is 3. The molecule has 84 heavy (non-hydrogen) atoms. The molecule has 3 saturated heterocycles. The van der Waals surface area contributed by atoms with Crippen LogP contribution in [0.2, 0.25) is 0 Å². The normalized spacial score (nSPS) is 17.9. The predicted octanol–water partition coefficient (Wildman–Crippen LogP) is 14.8. The van der Waals surface area contributed by atoms with Crippen molar-refractivity contribution in [2.24, 2.45) is 17.8 Å². The first-order chi connectivity index (χ1) is 40.9. The molecule has 11 aromatic rings. The van der Waals surface area contributed by atoms with Gasteiger partial charge in [0.25, 0.3) is 5.95 Å². The molecule has 0 aliphatic carbocycles. The van der Waals surface area contributed by atoms with Gasteiger partial charge in [-0.2, -0.15) is 5.21 Å². The zero-order valence-corrected chi connectivity index (χ0v) is 49.5. The Kier molecular flexibility index (Phi) is 18.5. The smallest absolute Gasteiger partial charge is 0.338 e. The molecule has 428 valence electrons. The second kappa shape index (κ2) is 27.0. The molecule has 0 unspecified atom stereocenters. The lowest BCUT2D eigenvalue weighted by Gasteiger charge is -2.29. The summed E-state index contributed by atoms with van der Waals surface area (Å²) in [6.45, 7) is 13.5. The maximum Gasteiger partial charge on any atom is 0.403 e. The molecule has 0 radical (unpaired) electrons. The lowest BCUT2D eigenvalue weighted by molar-refractivity contribution is -0.836. The van der Waals surface area contributed by atoms with E-state index in [0.29, 0.717) is 29.6 Å². The number of fused-ring (bicyclic) bond motifs is 3. The summed E-state index contributed by atoms with van der Waals surface area (Å²) in [5, 5.41) is 39.4. The summed E-state index contributed by atoms with van der Waals surface area (Å²) in [4.78, 5) is 6.53. The van der Waals surface area contributed by atoms with E-state index in [9.17, 15) is 0 Å². The van der Waals surface area contributed by atoms with Crippen LogP contribution in [0.5, 0.6) is 0 Å². The van der Waals surface area contributed by atoms with E-state index in [-0.39, 0.29) is 12.4 Å². The Hall–Kier alpha value is -8.25. The van der Waals surface area contributed by atoms with Gasteiger partial charge < -0.3 is 15.1 Å². The monoisotopic (exact) mass is 1130 g/mol. The van der Waals surface area contributed by atoms with E-state index in [1.54, 1.807) is 0 Å². The van der Waals surface area contributed by atoms with Crippen molar-refractivity contribution in [3.63, 3.8) is 0 Å².